The number of nitrogens with one attached hydrogen (secondary N) is 1. The molecule has 0 bridgehead atoms. The molecule has 0 saturated heterocycles. The van der Waals surface area contributed by atoms with E-state index in [1.165, 1.54) is 26.2 Å². The summed E-state index contributed by atoms with van der Waals surface area (Å²) in [6.07, 6.45) is 0. The van der Waals surface area contributed by atoms with Crippen LogP contribution in [0.4, 0.5) is 4.39 Å². The second-order valence-corrected chi connectivity index (χ2v) is 4.07. The molecule has 0 spiro atoms. The van der Waals surface area contributed by atoms with Crippen LogP contribution < -0.4 is 10.1 Å². The minimum absolute atomic E-state index is 0.0911. The predicted octanol–water partition coefficient (Wildman–Crippen LogP) is 1.54. The lowest BCUT2D eigenvalue weighted by molar-refractivity contribution is -0.145. The summed E-state index contributed by atoms with van der Waals surface area (Å²) in [7, 11) is 1.20. The smallest absolute Gasteiger partial charge is 0.331 e. The Morgan fingerprint density at radius 3 is 2.68 bits per heavy atom. The summed E-state index contributed by atoms with van der Waals surface area (Å²) in [6, 6.07) is 2.84. The van der Waals surface area contributed by atoms with Gasteiger partial charge in [0.2, 0.25) is 5.91 Å². The van der Waals surface area contributed by atoms with Crippen molar-refractivity contribution in [2.75, 3.05) is 13.7 Å². The van der Waals surface area contributed by atoms with Crippen LogP contribution in [-0.2, 0) is 14.3 Å². The van der Waals surface area contributed by atoms with Crippen molar-refractivity contribution in [3.8, 4) is 5.75 Å². The van der Waals surface area contributed by atoms with Gasteiger partial charge in [0.05, 0.1) is 12.1 Å². The molecule has 1 atom stereocenters. The number of carbonyl (C=O) groups excluding carboxylic acids is 2. The number of hydrogen-bond acceptors (Lipinski definition) is 4. The molecule has 0 aromatic heterocycles. The van der Waals surface area contributed by atoms with Gasteiger partial charge in [-0.05, 0) is 12.1 Å². The Hall–Kier alpha value is -1.82. The summed E-state index contributed by atoms with van der Waals surface area (Å²) >= 11 is 5.59. The Balaban J connectivity index is 2.67. The molecule has 0 saturated carbocycles. The van der Waals surface area contributed by atoms with E-state index in [4.69, 9.17) is 16.3 Å². The molecule has 1 rings (SSSR count). The number of esters is 1. The molecule has 0 fully saturated rings. The van der Waals surface area contributed by atoms with Gasteiger partial charge in [-0.1, -0.05) is 11.6 Å². The Labute approximate surface area is 114 Å². The van der Waals surface area contributed by atoms with Crippen LogP contribution in [0.3, 0.4) is 0 Å². The summed E-state index contributed by atoms with van der Waals surface area (Å²) in [5.41, 5.74) is 0. The van der Waals surface area contributed by atoms with Gasteiger partial charge in [0.1, 0.15) is 18.2 Å². The largest absolute Gasteiger partial charge is 0.491 e. The highest BCUT2D eigenvalue weighted by atomic mass is 35.5. The topological polar surface area (TPSA) is 64.6 Å². The van der Waals surface area contributed by atoms with Gasteiger partial charge in [-0.3, -0.25) is 4.79 Å². The molecule has 0 radical (unpaired) electrons. The van der Waals surface area contributed by atoms with E-state index >= 15 is 0 Å². The molecular formula is C12H13ClFNO4. The molecule has 1 aromatic rings. The summed E-state index contributed by atoms with van der Waals surface area (Å²) < 4.78 is 22.7. The maximum Gasteiger partial charge on any atom is 0.331 e. The molecule has 0 aliphatic rings. The van der Waals surface area contributed by atoms with Crippen LogP contribution in [0.1, 0.15) is 6.92 Å². The van der Waals surface area contributed by atoms with Crippen LogP contribution in [0.15, 0.2) is 18.2 Å². The zero-order valence-electron chi connectivity index (χ0n) is 10.4. The van der Waals surface area contributed by atoms with E-state index in [2.05, 4.69) is 10.1 Å². The van der Waals surface area contributed by atoms with Crippen LogP contribution in [0.2, 0.25) is 5.02 Å². The fourth-order valence-corrected chi connectivity index (χ4v) is 1.47. The van der Waals surface area contributed by atoms with Crippen LogP contribution in [0.5, 0.6) is 5.75 Å². The number of benzene rings is 1. The highest BCUT2D eigenvalue weighted by Crippen LogP contribution is 2.21. The molecule has 0 aliphatic heterocycles. The van der Waals surface area contributed by atoms with E-state index < -0.39 is 23.7 Å². The van der Waals surface area contributed by atoms with Crippen molar-refractivity contribution >= 4 is 23.5 Å². The summed E-state index contributed by atoms with van der Waals surface area (Å²) in [5, 5.41) is 2.29. The zero-order chi connectivity index (χ0) is 14.4. The van der Waals surface area contributed by atoms with Crippen LogP contribution in [0.25, 0.3) is 0 Å². The first-order chi connectivity index (χ1) is 8.93. The van der Waals surface area contributed by atoms with Crippen molar-refractivity contribution in [1.29, 1.82) is 0 Å². The quantitative estimate of drug-likeness (QED) is 0.835. The molecule has 0 heterocycles. The number of carbonyl (C=O) groups is 2. The first-order valence-corrected chi connectivity index (χ1v) is 5.74. The fourth-order valence-electron chi connectivity index (χ4n) is 1.30. The second kappa shape index (κ2) is 6.94. The maximum atomic E-state index is 12.9. The van der Waals surface area contributed by atoms with Crippen molar-refractivity contribution in [3.05, 3.63) is 29.0 Å². The molecule has 5 nitrogen and oxygen atoms in total. The van der Waals surface area contributed by atoms with Crippen molar-refractivity contribution < 1.29 is 23.5 Å². The van der Waals surface area contributed by atoms with E-state index in [0.717, 1.165) is 6.07 Å². The first-order valence-electron chi connectivity index (χ1n) is 5.37. The number of ether oxygens (including phenoxy) is 2. The third kappa shape index (κ3) is 4.75. The molecule has 1 unspecified atom stereocenters. The standard InChI is InChI=1S/C12H13ClFNO4/c1-7(16)15-11(12(17)18-2)6-19-8-3-4-10(14)9(13)5-8/h3-5,11H,6H2,1-2H3,(H,15,16). The van der Waals surface area contributed by atoms with E-state index in [1.807, 2.05) is 0 Å². The van der Waals surface area contributed by atoms with Crippen LogP contribution >= 0.6 is 11.6 Å². The highest BCUT2D eigenvalue weighted by Gasteiger charge is 2.21. The summed E-state index contributed by atoms with van der Waals surface area (Å²) in [6.45, 7) is 1.12. The third-order valence-corrected chi connectivity index (χ3v) is 2.46. The molecule has 19 heavy (non-hydrogen) atoms. The summed E-state index contributed by atoms with van der Waals surface area (Å²) in [5.74, 6) is -1.31. The van der Waals surface area contributed by atoms with E-state index in [1.54, 1.807) is 0 Å². The molecule has 104 valence electrons. The molecule has 1 N–H and O–H groups in total. The number of halogens is 2. The maximum absolute atomic E-state index is 12.9. The molecule has 0 aliphatic carbocycles. The fraction of sp³-hybridized carbons (Fsp3) is 0.333. The lowest BCUT2D eigenvalue weighted by atomic mass is 10.3. The first kappa shape index (κ1) is 15.2. The van der Waals surface area contributed by atoms with Gasteiger partial charge < -0.3 is 14.8 Å². The highest BCUT2D eigenvalue weighted by molar-refractivity contribution is 6.30. The average Bonchev–Trinajstić information content (AvgIpc) is 2.37. The Kier molecular flexibility index (Phi) is 5.57. The number of hydrogen-bond donors (Lipinski definition) is 1. The van der Waals surface area contributed by atoms with Crippen molar-refractivity contribution in [3.63, 3.8) is 0 Å². The molecule has 1 aromatic carbocycles. The molecular weight excluding hydrogens is 277 g/mol. The number of rotatable bonds is 5. The lowest BCUT2D eigenvalue weighted by Crippen LogP contribution is -2.44. The minimum atomic E-state index is -0.939. The van der Waals surface area contributed by atoms with Gasteiger partial charge in [0.25, 0.3) is 0 Å². The van der Waals surface area contributed by atoms with Crippen molar-refractivity contribution in [2.24, 2.45) is 0 Å². The van der Waals surface area contributed by atoms with Gasteiger partial charge in [-0.15, -0.1) is 0 Å². The van der Waals surface area contributed by atoms with Gasteiger partial charge >= 0.3 is 5.97 Å². The second-order valence-electron chi connectivity index (χ2n) is 3.66. The minimum Gasteiger partial charge on any atom is -0.491 e. The van der Waals surface area contributed by atoms with E-state index in [0.29, 0.717) is 0 Å². The molecule has 7 heteroatoms. The number of methoxy groups -OCH3 is 1. The lowest BCUT2D eigenvalue weighted by Gasteiger charge is -2.16. The third-order valence-electron chi connectivity index (χ3n) is 2.17. The summed E-state index contributed by atoms with van der Waals surface area (Å²) in [4.78, 5) is 22.3. The van der Waals surface area contributed by atoms with E-state index in [9.17, 15) is 14.0 Å². The predicted molar refractivity (Wildman–Crippen MR) is 66.5 cm³/mol. The normalized spacial score (nSPS) is 11.6. The average molecular weight is 290 g/mol. The Morgan fingerprint density at radius 1 is 1.47 bits per heavy atom. The Morgan fingerprint density at radius 2 is 2.16 bits per heavy atom. The Bertz CT molecular complexity index is 481. The van der Waals surface area contributed by atoms with Crippen molar-refractivity contribution in [2.45, 2.75) is 13.0 Å². The van der Waals surface area contributed by atoms with Gasteiger partial charge in [0, 0.05) is 13.0 Å². The number of amides is 1. The SMILES string of the molecule is COC(=O)C(COc1ccc(F)c(Cl)c1)NC(C)=O. The zero-order valence-corrected chi connectivity index (χ0v) is 11.2. The van der Waals surface area contributed by atoms with Crippen LogP contribution in [0, 0.1) is 5.82 Å². The van der Waals surface area contributed by atoms with E-state index in [-0.39, 0.29) is 17.4 Å². The van der Waals surface area contributed by atoms with Gasteiger partial charge in [-0.25, -0.2) is 9.18 Å². The van der Waals surface area contributed by atoms with Crippen LogP contribution in [-0.4, -0.2) is 31.6 Å². The molecule has 1 amide bonds. The van der Waals surface area contributed by atoms with Crippen molar-refractivity contribution in [1.82, 2.24) is 5.32 Å². The van der Waals surface area contributed by atoms with Gasteiger partial charge in [0.15, 0.2) is 6.04 Å². The monoisotopic (exact) mass is 289 g/mol. The van der Waals surface area contributed by atoms with Gasteiger partial charge in [-0.2, -0.15) is 0 Å².